The molecule has 0 unspecified atom stereocenters. The van der Waals surface area contributed by atoms with Gasteiger partial charge in [-0.2, -0.15) is 4.98 Å². The first-order valence-electron chi connectivity index (χ1n) is 9.12. The lowest BCUT2D eigenvalue weighted by Gasteiger charge is -2.31. The summed E-state index contributed by atoms with van der Waals surface area (Å²) in [6.45, 7) is 4.28. The molecule has 0 radical (unpaired) electrons. The van der Waals surface area contributed by atoms with Gasteiger partial charge in [0, 0.05) is 31.5 Å². The number of fused-ring (bicyclic) bond motifs is 1. The van der Waals surface area contributed by atoms with Gasteiger partial charge in [-0.3, -0.25) is 4.79 Å². The van der Waals surface area contributed by atoms with Gasteiger partial charge < -0.3 is 14.2 Å². The lowest BCUT2D eigenvalue weighted by atomic mass is 9.97. The number of carbonyl (C=O) groups excluding carboxylic acids is 1. The van der Waals surface area contributed by atoms with Gasteiger partial charge in [-0.15, -0.1) is 0 Å². The first-order valence-corrected chi connectivity index (χ1v) is 9.12. The Kier molecular flexibility index (Phi) is 4.42. The van der Waals surface area contributed by atoms with Crippen molar-refractivity contribution in [1.29, 1.82) is 0 Å². The van der Waals surface area contributed by atoms with Crippen molar-refractivity contribution in [3.8, 4) is 17.1 Å². The molecule has 0 saturated carbocycles. The Balaban J connectivity index is 1.50. The van der Waals surface area contributed by atoms with Gasteiger partial charge in [0.25, 0.3) is 0 Å². The smallest absolute Gasteiger partial charge is 0.231 e. The van der Waals surface area contributed by atoms with Crippen LogP contribution in [0.3, 0.4) is 0 Å². The first kappa shape index (κ1) is 16.1. The summed E-state index contributed by atoms with van der Waals surface area (Å²) in [6.07, 6.45) is 4.38. The lowest BCUT2D eigenvalue weighted by molar-refractivity contribution is -0.132. The summed E-state index contributed by atoms with van der Waals surface area (Å²) in [5, 5.41) is 4.16. The number of aromatic nitrogens is 2. The van der Waals surface area contributed by atoms with Gasteiger partial charge in [-0.1, -0.05) is 12.1 Å². The number of nitrogens with zero attached hydrogens (tertiary/aromatic N) is 3. The van der Waals surface area contributed by atoms with E-state index in [1.54, 1.807) is 0 Å². The number of hydrogen-bond donors (Lipinski definition) is 0. The minimum Gasteiger partial charge on any atom is -0.493 e. The third-order valence-electron chi connectivity index (χ3n) is 4.98. The fourth-order valence-electron chi connectivity index (χ4n) is 3.62. The molecular weight excluding hydrogens is 318 g/mol. The van der Waals surface area contributed by atoms with Crippen LogP contribution in [0, 0.1) is 0 Å². The largest absolute Gasteiger partial charge is 0.493 e. The maximum Gasteiger partial charge on any atom is 0.231 e. The Morgan fingerprint density at radius 2 is 2.32 bits per heavy atom. The van der Waals surface area contributed by atoms with E-state index in [9.17, 15) is 4.79 Å². The Hall–Kier alpha value is -2.37. The van der Waals surface area contributed by atoms with E-state index in [1.807, 2.05) is 24.0 Å². The van der Waals surface area contributed by atoms with Gasteiger partial charge in [0.15, 0.2) is 0 Å². The van der Waals surface area contributed by atoms with E-state index < -0.39 is 0 Å². The van der Waals surface area contributed by atoms with E-state index in [4.69, 9.17) is 9.26 Å². The fraction of sp³-hybridized carbons (Fsp3) is 0.526. The van der Waals surface area contributed by atoms with Gasteiger partial charge in [0.05, 0.1) is 12.5 Å². The summed E-state index contributed by atoms with van der Waals surface area (Å²) in [4.78, 5) is 18.7. The van der Waals surface area contributed by atoms with Gasteiger partial charge in [-0.05, 0) is 43.0 Å². The number of piperidine rings is 1. The van der Waals surface area contributed by atoms with Crippen LogP contribution in [0.4, 0.5) is 0 Å². The first-order chi connectivity index (χ1) is 12.2. The van der Waals surface area contributed by atoms with Crippen LogP contribution in [0.2, 0.25) is 0 Å². The molecule has 25 heavy (non-hydrogen) atoms. The monoisotopic (exact) mass is 341 g/mol. The van der Waals surface area contributed by atoms with Crippen molar-refractivity contribution < 1.29 is 14.1 Å². The summed E-state index contributed by atoms with van der Waals surface area (Å²) in [5.74, 6) is 2.56. The van der Waals surface area contributed by atoms with Gasteiger partial charge in [-0.25, -0.2) is 0 Å². The molecule has 1 aromatic heterocycles. The highest BCUT2D eigenvalue weighted by Gasteiger charge is 2.28. The molecule has 3 heterocycles. The van der Waals surface area contributed by atoms with Crippen molar-refractivity contribution >= 4 is 5.91 Å². The van der Waals surface area contributed by atoms with E-state index >= 15 is 0 Å². The van der Waals surface area contributed by atoms with Crippen molar-refractivity contribution in [2.24, 2.45) is 0 Å². The van der Waals surface area contributed by atoms with E-state index in [0.717, 1.165) is 50.1 Å². The molecule has 6 nitrogen and oxygen atoms in total. The second-order valence-corrected chi connectivity index (χ2v) is 6.81. The molecule has 2 aromatic rings. The topological polar surface area (TPSA) is 68.5 Å². The van der Waals surface area contributed by atoms with Crippen LogP contribution in [-0.2, 0) is 11.2 Å². The molecule has 0 spiro atoms. The standard InChI is InChI=1S/C19H23N3O3/c1-2-4-17(23)22-9-3-5-15(12-22)19-20-18(21-25-19)14-6-7-16-13(11-14)8-10-24-16/h6-7,11,15H,2-5,8-10,12H2,1H3/t15-/m1/s1. The average Bonchev–Trinajstić information content (AvgIpc) is 3.31. The molecule has 0 bridgehead atoms. The van der Waals surface area contributed by atoms with Crippen molar-refractivity contribution in [2.75, 3.05) is 19.7 Å². The third-order valence-corrected chi connectivity index (χ3v) is 4.98. The predicted molar refractivity (Wildman–Crippen MR) is 92.4 cm³/mol. The molecule has 1 amide bonds. The van der Waals surface area contributed by atoms with Crippen molar-refractivity contribution in [3.63, 3.8) is 0 Å². The van der Waals surface area contributed by atoms with Crippen molar-refractivity contribution in [1.82, 2.24) is 15.0 Å². The van der Waals surface area contributed by atoms with E-state index in [1.165, 1.54) is 5.56 Å². The Bertz CT molecular complexity index is 771. The van der Waals surface area contributed by atoms with Crippen molar-refractivity contribution in [3.05, 3.63) is 29.7 Å². The highest BCUT2D eigenvalue weighted by Crippen LogP contribution is 2.31. The van der Waals surface area contributed by atoms with E-state index in [-0.39, 0.29) is 11.8 Å². The molecule has 1 atom stereocenters. The molecule has 4 rings (SSSR count). The zero-order chi connectivity index (χ0) is 17.2. The molecular formula is C19H23N3O3. The number of benzene rings is 1. The van der Waals surface area contributed by atoms with Crippen LogP contribution < -0.4 is 4.74 Å². The SMILES string of the molecule is CCCC(=O)N1CCC[C@@H](c2nc(-c3ccc4c(c3)CCO4)no2)C1. The minimum atomic E-state index is 0.133. The maximum absolute atomic E-state index is 12.2. The zero-order valence-electron chi connectivity index (χ0n) is 14.5. The molecule has 2 aliphatic rings. The maximum atomic E-state index is 12.2. The van der Waals surface area contributed by atoms with Crippen LogP contribution in [0.5, 0.6) is 5.75 Å². The van der Waals surface area contributed by atoms with E-state index in [0.29, 0.717) is 24.7 Å². The molecule has 1 fully saturated rings. The second-order valence-electron chi connectivity index (χ2n) is 6.81. The summed E-state index contributed by atoms with van der Waals surface area (Å²) >= 11 is 0. The molecule has 0 aliphatic carbocycles. The molecule has 1 saturated heterocycles. The lowest BCUT2D eigenvalue weighted by Crippen LogP contribution is -2.39. The molecule has 2 aliphatic heterocycles. The summed E-state index contributed by atoms with van der Waals surface area (Å²) in [6, 6.07) is 6.02. The molecule has 6 heteroatoms. The Labute approximate surface area is 147 Å². The fourth-order valence-corrected chi connectivity index (χ4v) is 3.62. The highest BCUT2D eigenvalue weighted by molar-refractivity contribution is 5.76. The van der Waals surface area contributed by atoms with Crippen LogP contribution >= 0.6 is 0 Å². The summed E-state index contributed by atoms with van der Waals surface area (Å²) in [7, 11) is 0. The minimum absolute atomic E-state index is 0.133. The Morgan fingerprint density at radius 3 is 3.20 bits per heavy atom. The van der Waals surface area contributed by atoms with Gasteiger partial charge in [0.2, 0.25) is 17.6 Å². The third kappa shape index (κ3) is 3.25. The summed E-state index contributed by atoms with van der Waals surface area (Å²) < 4.78 is 11.1. The molecule has 0 N–H and O–H groups in total. The number of ether oxygens (including phenoxy) is 1. The number of hydrogen-bond acceptors (Lipinski definition) is 5. The Morgan fingerprint density at radius 1 is 1.40 bits per heavy atom. The van der Waals surface area contributed by atoms with Crippen molar-refractivity contribution in [2.45, 2.75) is 44.9 Å². The van der Waals surface area contributed by atoms with E-state index in [2.05, 4.69) is 16.2 Å². The van der Waals surface area contributed by atoms with Gasteiger partial charge in [0.1, 0.15) is 5.75 Å². The average molecular weight is 341 g/mol. The van der Waals surface area contributed by atoms with Crippen LogP contribution in [0.25, 0.3) is 11.4 Å². The second kappa shape index (κ2) is 6.86. The van der Waals surface area contributed by atoms with Crippen LogP contribution in [-0.4, -0.2) is 40.6 Å². The summed E-state index contributed by atoms with van der Waals surface area (Å²) in [5.41, 5.74) is 2.15. The quantitative estimate of drug-likeness (QED) is 0.854. The number of rotatable bonds is 4. The van der Waals surface area contributed by atoms with Crippen LogP contribution in [0.1, 0.15) is 50.0 Å². The normalized spacial score (nSPS) is 19.6. The zero-order valence-corrected chi connectivity index (χ0v) is 14.5. The van der Waals surface area contributed by atoms with Crippen LogP contribution in [0.15, 0.2) is 22.7 Å². The number of likely N-dealkylation sites (tertiary alicyclic amines) is 1. The molecule has 1 aromatic carbocycles. The molecule has 132 valence electrons. The van der Waals surface area contributed by atoms with Gasteiger partial charge >= 0.3 is 0 Å². The highest BCUT2D eigenvalue weighted by atomic mass is 16.5. The number of amides is 1. The predicted octanol–water partition coefficient (Wildman–Crippen LogP) is 3.18. The number of carbonyl (C=O) groups is 1.